The number of halogens is 1. The van der Waals surface area contributed by atoms with Crippen LogP contribution in [0.25, 0.3) is 0 Å². The molecule has 0 spiro atoms. The van der Waals surface area contributed by atoms with Crippen LogP contribution in [0.3, 0.4) is 0 Å². The number of ether oxygens (including phenoxy) is 1. The first-order valence-electron chi connectivity index (χ1n) is 9.19. The number of amides is 1. The smallest absolute Gasteiger partial charge is 0.260 e. The van der Waals surface area contributed by atoms with E-state index in [1.807, 2.05) is 0 Å². The van der Waals surface area contributed by atoms with E-state index in [0.29, 0.717) is 18.1 Å². The minimum atomic E-state index is -3.67. The monoisotopic (exact) mass is 400 g/mol. The lowest BCUT2D eigenvalue weighted by atomic mass is 10.2. The maximum absolute atomic E-state index is 12.9. The predicted molar refractivity (Wildman–Crippen MR) is 100.0 cm³/mol. The summed E-state index contributed by atoms with van der Waals surface area (Å²) in [5.41, 5.74) is 0. The standard InChI is InChI=1S/C18H25ClN2O4S/c19-15-7-8-16(17(13-15)26(23,24)21-11-5-6-12-21)25-14-18(22)20-9-3-1-2-4-10-20/h7-8,13H,1-6,9-12,14H2. The normalized spacial score (nSPS) is 19.3. The third-order valence-corrected chi connectivity index (χ3v) is 7.05. The van der Waals surface area contributed by atoms with Gasteiger partial charge in [0, 0.05) is 31.2 Å². The number of carbonyl (C=O) groups is 1. The van der Waals surface area contributed by atoms with Gasteiger partial charge in [0.15, 0.2) is 6.61 Å². The zero-order valence-electron chi connectivity index (χ0n) is 14.8. The van der Waals surface area contributed by atoms with Crippen LogP contribution in [0, 0.1) is 0 Å². The molecular formula is C18H25ClN2O4S. The third-order valence-electron chi connectivity index (χ3n) is 4.90. The summed E-state index contributed by atoms with van der Waals surface area (Å²) >= 11 is 6.02. The topological polar surface area (TPSA) is 66.9 Å². The fourth-order valence-corrected chi connectivity index (χ4v) is 5.33. The summed E-state index contributed by atoms with van der Waals surface area (Å²) in [4.78, 5) is 14.3. The average molecular weight is 401 g/mol. The first-order chi connectivity index (χ1) is 12.5. The van der Waals surface area contributed by atoms with E-state index in [4.69, 9.17) is 16.3 Å². The van der Waals surface area contributed by atoms with E-state index >= 15 is 0 Å². The maximum Gasteiger partial charge on any atom is 0.260 e. The lowest BCUT2D eigenvalue weighted by molar-refractivity contribution is -0.133. The number of hydrogen-bond acceptors (Lipinski definition) is 4. The second-order valence-corrected chi connectivity index (χ2v) is 9.13. The molecule has 1 amide bonds. The zero-order valence-corrected chi connectivity index (χ0v) is 16.4. The highest BCUT2D eigenvalue weighted by molar-refractivity contribution is 7.89. The quantitative estimate of drug-likeness (QED) is 0.762. The van der Waals surface area contributed by atoms with Gasteiger partial charge in [0.05, 0.1) is 0 Å². The third kappa shape index (κ3) is 4.50. The van der Waals surface area contributed by atoms with Gasteiger partial charge in [0.25, 0.3) is 5.91 Å². The summed E-state index contributed by atoms with van der Waals surface area (Å²) in [5.74, 6) is 0.0795. The Bertz CT molecular complexity index is 740. The number of rotatable bonds is 5. The Morgan fingerprint density at radius 2 is 1.62 bits per heavy atom. The van der Waals surface area contributed by atoms with Crippen LogP contribution in [0.4, 0.5) is 0 Å². The van der Waals surface area contributed by atoms with Crippen molar-refractivity contribution >= 4 is 27.5 Å². The SMILES string of the molecule is O=C(COc1ccc(Cl)cc1S(=O)(=O)N1CCCC1)N1CCCCCC1. The number of likely N-dealkylation sites (tertiary alicyclic amines) is 1. The number of carbonyl (C=O) groups excluding carboxylic acids is 1. The molecule has 0 unspecified atom stereocenters. The molecule has 0 bridgehead atoms. The highest BCUT2D eigenvalue weighted by Gasteiger charge is 2.30. The Morgan fingerprint density at radius 1 is 1.00 bits per heavy atom. The van der Waals surface area contributed by atoms with Gasteiger partial charge in [0.1, 0.15) is 10.6 Å². The molecule has 0 N–H and O–H groups in total. The zero-order chi connectivity index (χ0) is 18.6. The van der Waals surface area contributed by atoms with E-state index in [1.54, 1.807) is 11.0 Å². The second-order valence-electron chi connectivity index (χ2n) is 6.79. The van der Waals surface area contributed by atoms with Gasteiger partial charge in [-0.15, -0.1) is 0 Å². The van der Waals surface area contributed by atoms with Crippen LogP contribution in [0.2, 0.25) is 5.02 Å². The number of sulfonamides is 1. The maximum atomic E-state index is 12.9. The van der Waals surface area contributed by atoms with Crippen LogP contribution in [-0.4, -0.2) is 56.3 Å². The van der Waals surface area contributed by atoms with Gasteiger partial charge in [-0.25, -0.2) is 8.42 Å². The Balaban J connectivity index is 1.74. The van der Waals surface area contributed by atoms with Crippen molar-refractivity contribution in [3.63, 3.8) is 0 Å². The van der Waals surface area contributed by atoms with Crippen LogP contribution in [-0.2, 0) is 14.8 Å². The molecule has 6 nitrogen and oxygen atoms in total. The minimum absolute atomic E-state index is 0.0376. The molecule has 0 aromatic heterocycles. The van der Waals surface area contributed by atoms with Gasteiger partial charge in [0.2, 0.25) is 10.0 Å². The van der Waals surface area contributed by atoms with Crippen molar-refractivity contribution in [1.29, 1.82) is 0 Å². The first-order valence-corrected chi connectivity index (χ1v) is 11.0. The van der Waals surface area contributed by atoms with Crippen molar-refractivity contribution < 1.29 is 17.9 Å². The molecule has 0 aliphatic carbocycles. The molecule has 1 aromatic carbocycles. The molecule has 3 rings (SSSR count). The lowest BCUT2D eigenvalue weighted by Crippen LogP contribution is -2.36. The van der Waals surface area contributed by atoms with E-state index in [9.17, 15) is 13.2 Å². The predicted octanol–water partition coefficient (Wildman–Crippen LogP) is 2.91. The van der Waals surface area contributed by atoms with Crippen LogP contribution in [0.15, 0.2) is 23.1 Å². The van der Waals surface area contributed by atoms with E-state index in [-0.39, 0.29) is 23.2 Å². The van der Waals surface area contributed by atoms with Crippen LogP contribution >= 0.6 is 11.6 Å². The van der Waals surface area contributed by atoms with Crippen molar-refractivity contribution in [2.45, 2.75) is 43.4 Å². The van der Waals surface area contributed by atoms with E-state index < -0.39 is 10.0 Å². The van der Waals surface area contributed by atoms with E-state index in [0.717, 1.165) is 51.6 Å². The van der Waals surface area contributed by atoms with Gasteiger partial charge in [-0.3, -0.25) is 4.79 Å². The van der Waals surface area contributed by atoms with Crippen molar-refractivity contribution in [1.82, 2.24) is 9.21 Å². The number of nitrogens with zero attached hydrogens (tertiary/aromatic N) is 2. The molecule has 26 heavy (non-hydrogen) atoms. The molecule has 0 atom stereocenters. The van der Waals surface area contributed by atoms with Gasteiger partial charge in [-0.1, -0.05) is 24.4 Å². The minimum Gasteiger partial charge on any atom is -0.482 e. The van der Waals surface area contributed by atoms with E-state index in [2.05, 4.69) is 0 Å². The molecule has 1 aromatic rings. The lowest BCUT2D eigenvalue weighted by Gasteiger charge is -2.22. The summed E-state index contributed by atoms with van der Waals surface area (Å²) in [7, 11) is -3.67. The Hall–Kier alpha value is -1.31. The highest BCUT2D eigenvalue weighted by Crippen LogP contribution is 2.31. The first kappa shape index (κ1) is 19.5. The average Bonchev–Trinajstić information content (AvgIpc) is 3.04. The summed E-state index contributed by atoms with van der Waals surface area (Å²) in [5, 5.41) is 0.328. The molecule has 2 saturated heterocycles. The molecule has 144 valence electrons. The fourth-order valence-electron chi connectivity index (χ4n) is 3.42. The molecule has 8 heteroatoms. The van der Waals surface area contributed by atoms with Gasteiger partial charge < -0.3 is 9.64 Å². The summed E-state index contributed by atoms with van der Waals surface area (Å²) in [6, 6.07) is 4.51. The summed E-state index contributed by atoms with van der Waals surface area (Å²) in [6.07, 6.45) is 5.98. The fraction of sp³-hybridized carbons (Fsp3) is 0.611. The van der Waals surface area contributed by atoms with Crippen LogP contribution in [0.5, 0.6) is 5.75 Å². The summed E-state index contributed by atoms with van der Waals surface area (Å²) in [6.45, 7) is 2.32. The van der Waals surface area contributed by atoms with Crippen LogP contribution < -0.4 is 4.74 Å². The number of hydrogen-bond donors (Lipinski definition) is 0. The Labute approximate surface area is 160 Å². The second kappa shape index (κ2) is 8.59. The van der Waals surface area contributed by atoms with Crippen LogP contribution in [0.1, 0.15) is 38.5 Å². The highest BCUT2D eigenvalue weighted by atomic mass is 35.5. The van der Waals surface area contributed by atoms with Crippen molar-refractivity contribution in [3.05, 3.63) is 23.2 Å². The van der Waals surface area contributed by atoms with Crippen molar-refractivity contribution in [2.24, 2.45) is 0 Å². The van der Waals surface area contributed by atoms with Crippen molar-refractivity contribution in [3.8, 4) is 5.75 Å². The Morgan fingerprint density at radius 3 is 2.27 bits per heavy atom. The molecule has 2 aliphatic heterocycles. The largest absolute Gasteiger partial charge is 0.482 e. The molecule has 0 radical (unpaired) electrons. The summed E-state index contributed by atoms with van der Waals surface area (Å²) < 4.78 is 32.9. The molecule has 2 aliphatic rings. The van der Waals surface area contributed by atoms with Gasteiger partial charge in [-0.05, 0) is 43.9 Å². The molecule has 0 saturated carbocycles. The van der Waals surface area contributed by atoms with Gasteiger partial charge >= 0.3 is 0 Å². The van der Waals surface area contributed by atoms with Gasteiger partial charge in [-0.2, -0.15) is 4.31 Å². The number of benzene rings is 1. The van der Waals surface area contributed by atoms with E-state index in [1.165, 1.54) is 16.4 Å². The Kier molecular flexibility index (Phi) is 6.42. The molecular weight excluding hydrogens is 376 g/mol. The van der Waals surface area contributed by atoms with Crippen molar-refractivity contribution in [2.75, 3.05) is 32.8 Å². The molecule has 2 fully saturated rings. The molecule has 2 heterocycles.